The van der Waals surface area contributed by atoms with E-state index in [9.17, 15) is 34.4 Å². The molecule has 0 aromatic heterocycles. The van der Waals surface area contributed by atoms with Crippen molar-refractivity contribution >= 4 is 19.8 Å². The molecule has 0 bridgehead atoms. The number of hydrogen-bond acceptors (Lipinski definition) is 11. The van der Waals surface area contributed by atoms with Crippen molar-refractivity contribution < 1.29 is 58.0 Å². The van der Waals surface area contributed by atoms with Gasteiger partial charge in [-0.05, 0) is 77.0 Å². The molecular weight excluding hydrogens is 775 g/mol. The van der Waals surface area contributed by atoms with Gasteiger partial charge in [-0.1, -0.05) is 139 Å². The van der Waals surface area contributed by atoms with Gasteiger partial charge < -0.3 is 34.8 Å². The lowest BCUT2D eigenvalue weighted by Gasteiger charge is -2.20. The number of unbranched alkanes of at least 4 members (excludes halogenated alkanes) is 13. The summed E-state index contributed by atoms with van der Waals surface area (Å²) in [4.78, 5) is 35.1. The van der Waals surface area contributed by atoms with Crippen molar-refractivity contribution in [2.45, 2.75) is 192 Å². The van der Waals surface area contributed by atoms with E-state index in [2.05, 4.69) is 60.9 Å². The van der Waals surface area contributed by atoms with Crippen LogP contribution in [0.3, 0.4) is 0 Å². The average molecular weight is 857 g/mol. The normalized spacial score (nSPS) is 15.4. The molecule has 12 nitrogen and oxygen atoms in total. The number of allylic oxidation sites excluding steroid dienone is 9. The Bertz CT molecular complexity index is 1200. The molecule has 0 aromatic carbocycles. The number of ether oxygens (including phenoxy) is 2. The van der Waals surface area contributed by atoms with E-state index in [0.717, 1.165) is 51.4 Å². The number of hydrogen-bond donors (Lipinski definition) is 5. The Hall–Kier alpha value is -2.41. The Balaban J connectivity index is 4.52. The summed E-state index contributed by atoms with van der Waals surface area (Å²) < 4.78 is 32.5. The number of aliphatic hydroxyl groups excluding tert-OH is 4. The third-order valence-electron chi connectivity index (χ3n) is 9.36. The number of carbonyl (C=O) groups is 2. The molecular formula is C46H81O12P. The molecule has 0 radical (unpaired) electrons. The molecule has 0 aliphatic heterocycles. The van der Waals surface area contributed by atoms with E-state index >= 15 is 0 Å². The molecule has 0 rings (SSSR count). The van der Waals surface area contributed by atoms with Crippen LogP contribution in [0.5, 0.6) is 0 Å². The van der Waals surface area contributed by atoms with Crippen LogP contribution in [-0.4, -0.2) is 88.1 Å². The topological polar surface area (TPSA) is 189 Å². The Labute approximate surface area is 356 Å². The van der Waals surface area contributed by atoms with Crippen molar-refractivity contribution in [1.29, 1.82) is 0 Å². The minimum Gasteiger partial charge on any atom is -0.462 e. The van der Waals surface area contributed by atoms with Gasteiger partial charge in [-0.3, -0.25) is 18.6 Å². The minimum absolute atomic E-state index is 0.0775. The third kappa shape index (κ3) is 39.5. The summed E-state index contributed by atoms with van der Waals surface area (Å²) in [5.74, 6) is -1.22. The SMILES string of the molecule is CC/C=C\C/C=C\C/C=C\C/C=C\C[C@H](O)[C@@H](O)CCCC(=O)OC[C@H](COP(=O)(O)OC[C@@H](O)CO)OC(=O)CCCCCCCCC/C=C\CCCCCCCC. The molecule has 0 fully saturated rings. The Morgan fingerprint density at radius 2 is 1.08 bits per heavy atom. The van der Waals surface area contributed by atoms with Gasteiger partial charge in [0.2, 0.25) is 0 Å². The Morgan fingerprint density at radius 3 is 1.66 bits per heavy atom. The molecule has 0 heterocycles. The molecule has 0 saturated heterocycles. The number of phosphoric acid groups is 1. The molecule has 0 saturated carbocycles. The van der Waals surface area contributed by atoms with Gasteiger partial charge in [-0.25, -0.2) is 4.57 Å². The van der Waals surface area contributed by atoms with Crippen molar-refractivity contribution in [2.75, 3.05) is 26.4 Å². The quantitative estimate of drug-likeness (QED) is 0.0170. The number of carbonyl (C=O) groups excluding carboxylic acids is 2. The molecule has 0 aromatic rings. The second-order valence-corrected chi connectivity index (χ2v) is 16.4. The summed E-state index contributed by atoms with van der Waals surface area (Å²) in [6.07, 6.45) is 37.8. The lowest BCUT2D eigenvalue weighted by molar-refractivity contribution is -0.161. The maximum atomic E-state index is 12.6. The molecule has 59 heavy (non-hydrogen) atoms. The van der Waals surface area contributed by atoms with Gasteiger partial charge in [-0.2, -0.15) is 0 Å². The van der Waals surface area contributed by atoms with Crippen LogP contribution in [0.4, 0.5) is 0 Å². The third-order valence-corrected chi connectivity index (χ3v) is 10.3. The smallest absolute Gasteiger partial charge is 0.462 e. The van der Waals surface area contributed by atoms with Crippen molar-refractivity contribution in [3.05, 3.63) is 60.8 Å². The minimum atomic E-state index is -4.69. The fourth-order valence-corrected chi connectivity index (χ4v) is 6.57. The van der Waals surface area contributed by atoms with Crippen molar-refractivity contribution in [3.63, 3.8) is 0 Å². The summed E-state index contributed by atoms with van der Waals surface area (Å²) in [6.45, 7) is 1.92. The molecule has 0 aliphatic carbocycles. The highest BCUT2D eigenvalue weighted by atomic mass is 31.2. The van der Waals surface area contributed by atoms with Crippen molar-refractivity contribution in [3.8, 4) is 0 Å². The first-order valence-corrected chi connectivity index (χ1v) is 23.9. The van der Waals surface area contributed by atoms with Gasteiger partial charge in [0, 0.05) is 12.8 Å². The van der Waals surface area contributed by atoms with Crippen LogP contribution in [0.1, 0.15) is 168 Å². The fourth-order valence-electron chi connectivity index (χ4n) is 5.78. The van der Waals surface area contributed by atoms with Crippen molar-refractivity contribution in [1.82, 2.24) is 0 Å². The number of esters is 2. The van der Waals surface area contributed by atoms with Gasteiger partial charge >= 0.3 is 19.8 Å². The summed E-state index contributed by atoms with van der Waals surface area (Å²) >= 11 is 0. The zero-order valence-corrected chi connectivity index (χ0v) is 37.3. The summed E-state index contributed by atoms with van der Waals surface area (Å²) in [7, 11) is -4.69. The summed E-state index contributed by atoms with van der Waals surface area (Å²) in [6, 6.07) is 0. The number of rotatable bonds is 41. The zero-order valence-electron chi connectivity index (χ0n) is 36.4. The first-order chi connectivity index (χ1) is 28.5. The lowest BCUT2D eigenvalue weighted by atomic mass is 10.0. The predicted molar refractivity (Wildman–Crippen MR) is 236 cm³/mol. The summed E-state index contributed by atoms with van der Waals surface area (Å²) in [5, 5.41) is 39.0. The standard InChI is InChI=1S/C46H81O12P/c1-3-5-7-9-11-13-15-17-18-19-20-21-23-25-27-29-31-35-46(52)58-42(40-57-59(53,54)56-38-41(48)37-47)39-55-45(51)36-32-34-44(50)43(49)33-30-28-26-24-22-16-14-12-10-8-6-4-2/h6,8,12,14,17-18,22,24,28,30,41-44,47-50H,3-5,7,9-11,13,15-16,19-21,23,25-27,29,31-40H2,1-2H3,(H,53,54)/b8-6-,14-12-,18-17-,24-22-,30-28-/t41-,42+,43-,44-/m0/s1. The monoisotopic (exact) mass is 857 g/mol. The van der Waals surface area contributed by atoms with Crippen LogP contribution in [-0.2, 0) is 32.7 Å². The predicted octanol–water partition coefficient (Wildman–Crippen LogP) is 9.83. The Morgan fingerprint density at radius 1 is 0.576 bits per heavy atom. The lowest BCUT2D eigenvalue weighted by Crippen LogP contribution is -2.30. The molecule has 342 valence electrons. The van der Waals surface area contributed by atoms with Crippen molar-refractivity contribution in [2.24, 2.45) is 0 Å². The highest BCUT2D eigenvalue weighted by molar-refractivity contribution is 7.47. The second kappa shape index (κ2) is 41.0. The van der Waals surface area contributed by atoms with Crippen LogP contribution >= 0.6 is 7.82 Å². The van der Waals surface area contributed by atoms with Crippen LogP contribution in [0.15, 0.2) is 60.8 Å². The highest BCUT2D eigenvalue weighted by Crippen LogP contribution is 2.43. The van der Waals surface area contributed by atoms with Gasteiger partial charge in [0.1, 0.15) is 12.7 Å². The number of phosphoric ester groups is 1. The van der Waals surface area contributed by atoms with Gasteiger partial charge in [0.15, 0.2) is 6.10 Å². The molecule has 5 atom stereocenters. The molecule has 5 N–H and O–H groups in total. The first-order valence-electron chi connectivity index (χ1n) is 22.4. The van der Waals surface area contributed by atoms with Crippen LogP contribution < -0.4 is 0 Å². The van der Waals surface area contributed by atoms with E-state index in [1.54, 1.807) is 0 Å². The van der Waals surface area contributed by atoms with E-state index in [0.29, 0.717) is 12.8 Å². The largest absolute Gasteiger partial charge is 0.472 e. The zero-order chi connectivity index (χ0) is 43.7. The van der Waals surface area contributed by atoms with Gasteiger partial charge in [0.25, 0.3) is 0 Å². The summed E-state index contributed by atoms with van der Waals surface area (Å²) in [5.41, 5.74) is 0. The Kier molecular flexibility index (Phi) is 39.3. The molecule has 1 unspecified atom stereocenters. The van der Waals surface area contributed by atoms with E-state index in [-0.39, 0.29) is 32.1 Å². The van der Waals surface area contributed by atoms with E-state index in [4.69, 9.17) is 19.1 Å². The average Bonchev–Trinajstić information content (AvgIpc) is 3.22. The van der Waals surface area contributed by atoms with E-state index in [1.807, 2.05) is 18.2 Å². The van der Waals surface area contributed by atoms with E-state index < -0.39 is 70.6 Å². The molecule has 0 aliphatic rings. The van der Waals surface area contributed by atoms with Gasteiger partial charge in [-0.15, -0.1) is 0 Å². The molecule has 13 heteroatoms. The second-order valence-electron chi connectivity index (χ2n) is 15.0. The number of aliphatic hydroxyl groups is 4. The highest BCUT2D eigenvalue weighted by Gasteiger charge is 2.27. The van der Waals surface area contributed by atoms with E-state index in [1.165, 1.54) is 57.8 Å². The van der Waals surface area contributed by atoms with Gasteiger partial charge in [0.05, 0.1) is 32.0 Å². The molecule has 0 amide bonds. The maximum Gasteiger partial charge on any atom is 0.472 e. The van der Waals surface area contributed by atoms with Crippen LogP contribution in [0.25, 0.3) is 0 Å². The fraction of sp³-hybridized carbons (Fsp3) is 0.739. The maximum absolute atomic E-state index is 12.6. The van der Waals surface area contributed by atoms with Crippen LogP contribution in [0, 0.1) is 0 Å². The first kappa shape index (κ1) is 56.6. The molecule has 0 spiro atoms. The van der Waals surface area contributed by atoms with Crippen LogP contribution in [0.2, 0.25) is 0 Å².